The topological polar surface area (TPSA) is 21.3 Å². The molecule has 0 saturated carbocycles. The minimum atomic E-state index is -0.301. The second-order valence-corrected chi connectivity index (χ2v) is 5.27. The summed E-state index contributed by atoms with van der Waals surface area (Å²) in [5, 5.41) is 3.45. The number of halogens is 2. The average Bonchev–Trinajstić information content (AvgIpc) is 2.35. The summed E-state index contributed by atoms with van der Waals surface area (Å²) in [6.07, 6.45) is 4.68. The van der Waals surface area contributed by atoms with Crippen LogP contribution in [0.15, 0.2) is 22.7 Å². The Morgan fingerprint density at radius 3 is 3.06 bits per heavy atom. The van der Waals surface area contributed by atoms with Gasteiger partial charge in [0, 0.05) is 10.5 Å². The number of rotatable bonds is 4. The minimum absolute atomic E-state index is 0.301. The summed E-state index contributed by atoms with van der Waals surface area (Å²) in [6.45, 7) is 1.65. The highest BCUT2D eigenvalue weighted by Gasteiger charge is 2.12. The number of piperidine rings is 1. The Bertz CT molecular complexity index is 366. The van der Waals surface area contributed by atoms with E-state index in [1.807, 2.05) is 0 Å². The van der Waals surface area contributed by atoms with E-state index in [1.54, 1.807) is 12.1 Å². The molecule has 0 bridgehead atoms. The molecule has 2 nitrogen and oxygen atoms in total. The van der Waals surface area contributed by atoms with Gasteiger partial charge in [-0.05, 0) is 44.0 Å². The standard InChI is InChI=1S/C13H17BrFNO/c14-10-4-5-12(15)13(9-10)17-8-6-11-3-1-2-7-16-11/h4-5,9,11,16H,1-3,6-8H2. The van der Waals surface area contributed by atoms with Crippen molar-refractivity contribution >= 4 is 15.9 Å². The van der Waals surface area contributed by atoms with Crippen molar-refractivity contribution in [2.24, 2.45) is 0 Å². The quantitative estimate of drug-likeness (QED) is 0.919. The molecule has 1 aromatic carbocycles. The lowest BCUT2D eigenvalue weighted by atomic mass is 10.0. The first-order valence-electron chi connectivity index (χ1n) is 6.07. The van der Waals surface area contributed by atoms with Gasteiger partial charge < -0.3 is 10.1 Å². The highest BCUT2D eigenvalue weighted by molar-refractivity contribution is 9.10. The third-order valence-electron chi connectivity index (χ3n) is 3.03. The Hall–Kier alpha value is -0.610. The second kappa shape index (κ2) is 6.36. The summed E-state index contributed by atoms with van der Waals surface area (Å²) < 4.78 is 19.7. The molecule has 1 atom stereocenters. The molecule has 1 aliphatic heterocycles. The summed E-state index contributed by atoms with van der Waals surface area (Å²) in [7, 11) is 0. The van der Waals surface area contributed by atoms with Gasteiger partial charge in [0.15, 0.2) is 11.6 Å². The molecule has 0 radical (unpaired) electrons. The van der Waals surface area contributed by atoms with E-state index in [0.717, 1.165) is 17.4 Å². The van der Waals surface area contributed by atoms with E-state index >= 15 is 0 Å². The van der Waals surface area contributed by atoms with Gasteiger partial charge in [0.05, 0.1) is 6.61 Å². The monoisotopic (exact) mass is 301 g/mol. The lowest BCUT2D eigenvalue weighted by Gasteiger charge is -2.23. The van der Waals surface area contributed by atoms with Crippen LogP contribution in [0.3, 0.4) is 0 Å². The smallest absolute Gasteiger partial charge is 0.165 e. The van der Waals surface area contributed by atoms with Crippen LogP contribution in [0.25, 0.3) is 0 Å². The van der Waals surface area contributed by atoms with E-state index in [0.29, 0.717) is 18.4 Å². The Morgan fingerprint density at radius 1 is 1.41 bits per heavy atom. The molecule has 1 fully saturated rings. The molecule has 94 valence electrons. The van der Waals surface area contributed by atoms with E-state index in [1.165, 1.54) is 25.3 Å². The Labute approximate surface area is 110 Å². The molecule has 1 aliphatic rings. The number of hydrogen-bond donors (Lipinski definition) is 1. The molecule has 2 rings (SSSR count). The van der Waals surface area contributed by atoms with Crippen LogP contribution in [0.1, 0.15) is 25.7 Å². The molecule has 1 N–H and O–H groups in total. The van der Waals surface area contributed by atoms with Crippen LogP contribution in [-0.4, -0.2) is 19.2 Å². The lowest BCUT2D eigenvalue weighted by molar-refractivity contribution is 0.259. The molecule has 1 unspecified atom stereocenters. The van der Waals surface area contributed by atoms with Gasteiger partial charge in [0.2, 0.25) is 0 Å². The number of nitrogens with one attached hydrogen (secondary N) is 1. The molecule has 0 spiro atoms. The number of benzene rings is 1. The van der Waals surface area contributed by atoms with Crippen LogP contribution in [0.2, 0.25) is 0 Å². The van der Waals surface area contributed by atoms with Crippen LogP contribution in [0.4, 0.5) is 4.39 Å². The number of hydrogen-bond acceptors (Lipinski definition) is 2. The fourth-order valence-corrected chi connectivity index (χ4v) is 2.41. The van der Waals surface area contributed by atoms with Crippen LogP contribution in [0.5, 0.6) is 5.75 Å². The Balaban J connectivity index is 1.79. The maximum atomic E-state index is 13.4. The van der Waals surface area contributed by atoms with Crippen molar-refractivity contribution < 1.29 is 9.13 Å². The normalized spacial score (nSPS) is 20.2. The molecule has 17 heavy (non-hydrogen) atoms. The van der Waals surface area contributed by atoms with Crippen molar-refractivity contribution in [3.8, 4) is 5.75 Å². The van der Waals surface area contributed by atoms with Crippen LogP contribution < -0.4 is 10.1 Å². The number of ether oxygens (including phenoxy) is 1. The van der Waals surface area contributed by atoms with E-state index < -0.39 is 0 Å². The largest absolute Gasteiger partial charge is 0.490 e. The molecule has 1 saturated heterocycles. The third kappa shape index (κ3) is 3.96. The van der Waals surface area contributed by atoms with Crippen LogP contribution >= 0.6 is 15.9 Å². The molecule has 1 heterocycles. The van der Waals surface area contributed by atoms with Gasteiger partial charge in [-0.25, -0.2) is 4.39 Å². The predicted molar refractivity (Wildman–Crippen MR) is 69.9 cm³/mol. The minimum Gasteiger partial charge on any atom is -0.490 e. The zero-order chi connectivity index (χ0) is 12.1. The van der Waals surface area contributed by atoms with Crippen molar-refractivity contribution in [3.05, 3.63) is 28.5 Å². The molecule has 1 aromatic rings. The summed E-state index contributed by atoms with van der Waals surface area (Å²) in [5.41, 5.74) is 0. The summed E-state index contributed by atoms with van der Waals surface area (Å²) in [5.74, 6) is 0.0278. The van der Waals surface area contributed by atoms with Gasteiger partial charge in [-0.1, -0.05) is 22.4 Å². The van der Waals surface area contributed by atoms with E-state index in [-0.39, 0.29) is 5.82 Å². The zero-order valence-electron chi connectivity index (χ0n) is 9.72. The summed E-state index contributed by atoms with van der Waals surface area (Å²) in [4.78, 5) is 0. The Morgan fingerprint density at radius 2 is 2.29 bits per heavy atom. The lowest BCUT2D eigenvalue weighted by Crippen LogP contribution is -2.35. The molecule has 4 heteroatoms. The first kappa shape index (κ1) is 12.8. The van der Waals surface area contributed by atoms with Gasteiger partial charge in [0.1, 0.15) is 0 Å². The predicted octanol–water partition coefficient (Wildman–Crippen LogP) is 3.50. The summed E-state index contributed by atoms with van der Waals surface area (Å²) in [6, 6.07) is 5.28. The van der Waals surface area contributed by atoms with Gasteiger partial charge in [0.25, 0.3) is 0 Å². The maximum absolute atomic E-state index is 13.4. The van der Waals surface area contributed by atoms with Crippen molar-refractivity contribution in [2.75, 3.05) is 13.2 Å². The molecule has 0 aliphatic carbocycles. The second-order valence-electron chi connectivity index (χ2n) is 4.36. The van der Waals surface area contributed by atoms with Gasteiger partial charge in [-0.3, -0.25) is 0 Å². The van der Waals surface area contributed by atoms with Gasteiger partial charge in [-0.15, -0.1) is 0 Å². The third-order valence-corrected chi connectivity index (χ3v) is 3.52. The molecular formula is C13H17BrFNO. The van der Waals surface area contributed by atoms with Crippen molar-refractivity contribution in [3.63, 3.8) is 0 Å². The van der Waals surface area contributed by atoms with Gasteiger partial charge in [-0.2, -0.15) is 0 Å². The van der Waals surface area contributed by atoms with Crippen LogP contribution in [0, 0.1) is 5.82 Å². The highest BCUT2D eigenvalue weighted by Crippen LogP contribution is 2.22. The SMILES string of the molecule is Fc1ccc(Br)cc1OCCC1CCCCN1. The van der Waals surface area contributed by atoms with Crippen molar-refractivity contribution in [1.82, 2.24) is 5.32 Å². The van der Waals surface area contributed by atoms with Gasteiger partial charge >= 0.3 is 0 Å². The first-order chi connectivity index (χ1) is 8.25. The van der Waals surface area contributed by atoms with E-state index in [4.69, 9.17) is 4.74 Å². The zero-order valence-corrected chi connectivity index (χ0v) is 11.3. The van der Waals surface area contributed by atoms with Crippen molar-refractivity contribution in [2.45, 2.75) is 31.7 Å². The van der Waals surface area contributed by atoms with E-state index in [2.05, 4.69) is 21.2 Å². The summed E-state index contributed by atoms with van der Waals surface area (Å²) >= 11 is 3.31. The first-order valence-corrected chi connectivity index (χ1v) is 6.86. The fraction of sp³-hybridized carbons (Fsp3) is 0.538. The molecular weight excluding hydrogens is 285 g/mol. The maximum Gasteiger partial charge on any atom is 0.165 e. The molecule has 0 amide bonds. The van der Waals surface area contributed by atoms with E-state index in [9.17, 15) is 4.39 Å². The average molecular weight is 302 g/mol. The van der Waals surface area contributed by atoms with Crippen LogP contribution in [-0.2, 0) is 0 Å². The Kier molecular flexibility index (Phi) is 4.80. The fourth-order valence-electron chi connectivity index (χ4n) is 2.07. The van der Waals surface area contributed by atoms with Crippen molar-refractivity contribution in [1.29, 1.82) is 0 Å². The highest BCUT2D eigenvalue weighted by atomic mass is 79.9. The molecule has 0 aromatic heterocycles.